The molecule has 1 aliphatic rings. The molecule has 1 atom stereocenters. The summed E-state index contributed by atoms with van der Waals surface area (Å²) >= 11 is 2.63. The molecule has 2 aromatic heterocycles. The molecule has 2 heterocycles. The first-order valence-electron chi connectivity index (χ1n) is 7.96. The maximum atomic E-state index is 12.3. The number of nitrogens with one attached hydrogen (secondary N) is 1. The molecule has 0 radical (unpaired) electrons. The topological polar surface area (TPSA) is 98.5 Å². The standard InChI is InChI=1S/C17H18N2O4S2/c1-9(15(21)19-16-11(14(18)20)6-7-24-16)23-17(22)13-8-10-4-2-3-5-12(10)25-13/h6-9H,2-5H2,1H3,(H2,18,20)(H,19,21). The molecule has 0 fully saturated rings. The van der Waals surface area contributed by atoms with Gasteiger partial charge in [-0.3, -0.25) is 9.59 Å². The average molecular weight is 378 g/mol. The summed E-state index contributed by atoms with van der Waals surface area (Å²) in [5.41, 5.74) is 6.70. The normalized spacial score (nSPS) is 14.4. The van der Waals surface area contributed by atoms with E-state index >= 15 is 0 Å². The summed E-state index contributed by atoms with van der Waals surface area (Å²) in [7, 11) is 0. The molecule has 2 amide bonds. The average Bonchev–Trinajstić information content (AvgIpc) is 3.20. The van der Waals surface area contributed by atoms with Gasteiger partial charge in [0.25, 0.3) is 11.8 Å². The highest BCUT2D eigenvalue weighted by molar-refractivity contribution is 7.15. The number of esters is 1. The van der Waals surface area contributed by atoms with Crippen molar-refractivity contribution in [3.63, 3.8) is 0 Å². The Kier molecular flexibility index (Phi) is 5.19. The van der Waals surface area contributed by atoms with Gasteiger partial charge in [-0.25, -0.2) is 4.79 Å². The van der Waals surface area contributed by atoms with Gasteiger partial charge < -0.3 is 15.8 Å². The Bertz CT molecular complexity index is 801. The van der Waals surface area contributed by atoms with E-state index < -0.39 is 23.9 Å². The molecule has 0 spiro atoms. The first-order valence-corrected chi connectivity index (χ1v) is 9.66. The fraction of sp³-hybridized carbons (Fsp3) is 0.353. The molecular weight excluding hydrogens is 360 g/mol. The third-order valence-electron chi connectivity index (χ3n) is 4.02. The van der Waals surface area contributed by atoms with Crippen molar-refractivity contribution < 1.29 is 19.1 Å². The van der Waals surface area contributed by atoms with Gasteiger partial charge in [-0.15, -0.1) is 22.7 Å². The number of amides is 2. The number of thiophene rings is 2. The Morgan fingerprint density at radius 1 is 1.28 bits per heavy atom. The summed E-state index contributed by atoms with van der Waals surface area (Å²) in [6.45, 7) is 1.50. The molecule has 2 aromatic rings. The molecule has 0 aromatic carbocycles. The van der Waals surface area contributed by atoms with Crippen molar-refractivity contribution in [1.82, 2.24) is 0 Å². The molecule has 0 saturated carbocycles. The molecule has 0 aliphatic heterocycles. The molecule has 8 heteroatoms. The molecule has 3 rings (SSSR count). The van der Waals surface area contributed by atoms with Gasteiger partial charge in [0.1, 0.15) is 9.88 Å². The fourth-order valence-electron chi connectivity index (χ4n) is 2.68. The SMILES string of the molecule is CC(OC(=O)c1cc2c(s1)CCCC2)C(=O)Nc1sccc1C(N)=O. The van der Waals surface area contributed by atoms with Crippen molar-refractivity contribution in [3.05, 3.63) is 38.4 Å². The molecule has 1 unspecified atom stereocenters. The van der Waals surface area contributed by atoms with Crippen LogP contribution in [0.15, 0.2) is 17.5 Å². The van der Waals surface area contributed by atoms with E-state index in [0.29, 0.717) is 9.88 Å². The second-order valence-corrected chi connectivity index (χ2v) is 7.88. The van der Waals surface area contributed by atoms with Crippen LogP contribution < -0.4 is 11.1 Å². The highest BCUT2D eigenvalue weighted by atomic mass is 32.1. The van der Waals surface area contributed by atoms with Crippen LogP contribution >= 0.6 is 22.7 Å². The van der Waals surface area contributed by atoms with Crippen molar-refractivity contribution >= 4 is 45.5 Å². The van der Waals surface area contributed by atoms with Crippen molar-refractivity contribution in [3.8, 4) is 0 Å². The van der Waals surface area contributed by atoms with Gasteiger partial charge in [0, 0.05) is 4.88 Å². The minimum Gasteiger partial charge on any atom is -0.448 e. The Morgan fingerprint density at radius 3 is 2.76 bits per heavy atom. The van der Waals surface area contributed by atoms with Crippen molar-refractivity contribution in [2.75, 3.05) is 5.32 Å². The molecule has 1 aliphatic carbocycles. The highest BCUT2D eigenvalue weighted by Gasteiger charge is 2.24. The van der Waals surface area contributed by atoms with Gasteiger partial charge in [-0.2, -0.15) is 0 Å². The van der Waals surface area contributed by atoms with Gasteiger partial charge in [-0.05, 0) is 55.7 Å². The predicted octanol–water partition coefficient (Wildman–Crippen LogP) is 2.97. The lowest BCUT2D eigenvalue weighted by Gasteiger charge is -2.12. The van der Waals surface area contributed by atoms with Crippen LogP contribution in [0.2, 0.25) is 0 Å². The number of rotatable bonds is 5. The molecule has 132 valence electrons. The minimum absolute atomic E-state index is 0.239. The maximum Gasteiger partial charge on any atom is 0.349 e. The lowest BCUT2D eigenvalue weighted by molar-refractivity contribution is -0.123. The fourth-order valence-corrected chi connectivity index (χ4v) is 4.61. The van der Waals surface area contributed by atoms with E-state index in [2.05, 4.69) is 5.32 Å². The number of anilines is 1. The van der Waals surface area contributed by atoms with Crippen molar-refractivity contribution in [2.45, 2.75) is 38.7 Å². The number of hydrogen-bond donors (Lipinski definition) is 2. The molecule has 25 heavy (non-hydrogen) atoms. The van der Waals surface area contributed by atoms with Crippen LogP contribution in [-0.4, -0.2) is 23.9 Å². The second kappa shape index (κ2) is 7.37. The number of nitrogens with two attached hydrogens (primary N) is 1. The lowest BCUT2D eigenvalue weighted by atomic mass is 9.99. The van der Waals surface area contributed by atoms with E-state index in [1.54, 1.807) is 5.38 Å². The molecule has 0 saturated heterocycles. The zero-order valence-electron chi connectivity index (χ0n) is 13.7. The van der Waals surface area contributed by atoms with E-state index in [-0.39, 0.29) is 5.56 Å². The first-order chi connectivity index (χ1) is 12.0. The van der Waals surface area contributed by atoms with Gasteiger partial charge >= 0.3 is 5.97 Å². The summed E-state index contributed by atoms with van der Waals surface area (Å²) in [4.78, 5) is 37.6. The van der Waals surface area contributed by atoms with Crippen LogP contribution in [0.3, 0.4) is 0 Å². The first kappa shape index (κ1) is 17.6. The number of hydrogen-bond acceptors (Lipinski definition) is 6. The van der Waals surface area contributed by atoms with E-state index in [9.17, 15) is 14.4 Å². The number of fused-ring (bicyclic) bond motifs is 1. The molecular formula is C17H18N2O4S2. The Labute approximate surface area is 153 Å². The number of carbonyl (C=O) groups excluding carboxylic acids is 3. The van der Waals surface area contributed by atoms with Gasteiger partial charge in [0.05, 0.1) is 5.56 Å². The van der Waals surface area contributed by atoms with Gasteiger partial charge in [-0.1, -0.05) is 0 Å². The van der Waals surface area contributed by atoms with Crippen LogP contribution in [0.5, 0.6) is 0 Å². The van der Waals surface area contributed by atoms with E-state index in [1.165, 1.54) is 46.1 Å². The van der Waals surface area contributed by atoms with E-state index in [4.69, 9.17) is 10.5 Å². The summed E-state index contributed by atoms with van der Waals surface area (Å²) in [6.07, 6.45) is 3.29. The van der Waals surface area contributed by atoms with E-state index in [0.717, 1.165) is 25.7 Å². The highest BCUT2D eigenvalue weighted by Crippen LogP contribution is 2.30. The summed E-state index contributed by atoms with van der Waals surface area (Å²) in [6, 6.07) is 3.41. The Hall–Kier alpha value is -2.19. The van der Waals surface area contributed by atoms with Crippen LogP contribution in [0.1, 0.15) is 50.2 Å². The third kappa shape index (κ3) is 3.91. The van der Waals surface area contributed by atoms with Crippen LogP contribution in [0.4, 0.5) is 5.00 Å². The van der Waals surface area contributed by atoms with Crippen molar-refractivity contribution in [1.29, 1.82) is 0 Å². The second-order valence-electron chi connectivity index (χ2n) is 5.83. The summed E-state index contributed by atoms with van der Waals surface area (Å²) in [5.74, 6) is -1.62. The van der Waals surface area contributed by atoms with E-state index in [1.807, 2.05) is 6.07 Å². The maximum absolute atomic E-state index is 12.3. The minimum atomic E-state index is -0.977. The molecule has 3 N–H and O–H groups in total. The quantitative estimate of drug-likeness (QED) is 0.782. The van der Waals surface area contributed by atoms with Gasteiger partial charge in [0.2, 0.25) is 0 Å². The number of primary amides is 1. The van der Waals surface area contributed by atoms with Crippen LogP contribution in [-0.2, 0) is 22.4 Å². The lowest BCUT2D eigenvalue weighted by Crippen LogP contribution is -2.30. The number of aryl methyl sites for hydroxylation is 2. The molecule has 0 bridgehead atoms. The molecule has 6 nitrogen and oxygen atoms in total. The largest absolute Gasteiger partial charge is 0.448 e. The smallest absolute Gasteiger partial charge is 0.349 e. The number of carbonyl (C=O) groups is 3. The summed E-state index contributed by atoms with van der Waals surface area (Å²) in [5, 5.41) is 4.59. The Morgan fingerprint density at radius 2 is 2.04 bits per heavy atom. The van der Waals surface area contributed by atoms with Gasteiger partial charge in [0.15, 0.2) is 6.10 Å². The number of ether oxygens (including phenoxy) is 1. The third-order valence-corrected chi connectivity index (χ3v) is 6.07. The summed E-state index contributed by atoms with van der Waals surface area (Å²) < 4.78 is 5.27. The van der Waals surface area contributed by atoms with Crippen molar-refractivity contribution in [2.24, 2.45) is 5.73 Å². The predicted molar refractivity (Wildman–Crippen MR) is 97.3 cm³/mol. The zero-order valence-corrected chi connectivity index (χ0v) is 15.3. The van der Waals surface area contributed by atoms with Crippen LogP contribution in [0.25, 0.3) is 0 Å². The van der Waals surface area contributed by atoms with Crippen LogP contribution in [0, 0.1) is 0 Å². The zero-order chi connectivity index (χ0) is 18.0. The monoisotopic (exact) mass is 378 g/mol. The Balaban J connectivity index is 1.63.